The summed E-state index contributed by atoms with van der Waals surface area (Å²) in [7, 11) is 0. The molecule has 0 aliphatic heterocycles. The van der Waals surface area contributed by atoms with Crippen LogP contribution < -0.4 is 5.73 Å². The summed E-state index contributed by atoms with van der Waals surface area (Å²) >= 11 is 5.16. The Balaban J connectivity index is 1.80. The Labute approximate surface area is 136 Å². The van der Waals surface area contributed by atoms with Gasteiger partial charge in [0.15, 0.2) is 0 Å². The minimum Gasteiger partial charge on any atom is -0.329 e. The fraction of sp³-hybridized carbons (Fsp3) is 0.500. The molecule has 0 bridgehead atoms. The van der Waals surface area contributed by atoms with E-state index in [1.807, 2.05) is 16.8 Å². The molecule has 3 rings (SSSR count). The van der Waals surface area contributed by atoms with Crippen LogP contribution in [0, 0.1) is 0 Å². The van der Waals surface area contributed by atoms with Gasteiger partial charge in [0.25, 0.3) is 0 Å². The van der Waals surface area contributed by atoms with Crippen LogP contribution in [0.25, 0.3) is 0 Å². The monoisotopic (exact) mass is 367 g/mol. The molecular weight excluding hydrogens is 350 g/mol. The first kappa shape index (κ1) is 15.0. The predicted octanol–water partition coefficient (Wildman–Crippen LogP) is 3.34. The van der Waals surface area contributed by atoms with Crippen LogP contribution in [0.5, 0.6) is 0 Å². The summed E-state index contributed by atoms with van der Waals surface area (Å²) in [6.07, 6.45) is 4.87. The molecule has 5 nitrogen and oxygen atoms in total. The summed E-state index contributed by atoms with van der Waals surface area (Å²) in [6.45, 7) is 0.554. The lowest BCUT2D eigenvalue weighted by Gasteiger charge is -2.16. The van der Waals surface area contributed by atoms with E-state index in [0.717, 1.165) is 9.63 Å². The standard InChI is InChI=1S/C14H18BrN5S/c15-11-5-3-4-10(8-11)13(9-16)21-14-17-18-19-20(14)12-6-1-2-7-12/h3-5,8,12-13H,1-2,6-7,9,16H2. The number of nitrogens with two attached hydrogens (primary N) is 1. The van der Waals surface area contributed by atoms with E-state index in [-0.39, 0.29) is 5.25 Å². The number of tetrazole rings is 1. The van der Waals surface area contributed by atoms with Gasteiger partial charge in [0.2, 0.25) is 5.16 Å². The Morgan fingerprint density at radius 3 is 2.90 bits per heavy atom. The van der Waals surface area contributed by atoms with E-state index in [0.29, 0.717) is 12.6 Å². The molecule has 2 N–H and O–H groups in total. The topological polar surface area (TPSA) is 69.6 Å². The predicted molar refractivity (Wildman–Crippen MR) is 87.1 cm³/mol. The summed E-state index contributed by atoms with van der Waals surface area (Å²) in [5.41, 5.74) is 7.15. The number of benzene rings is 1. The number of halogens is 1. The summed E-state index contributed by atoms with van der Waals surface area (Å²) in [5, 5.41) is 13.3. The normalized spacial score (nSPS) is 17.2. The third-order valence-corrected chi connectivity index (χ3v) is 5.54. The maximum Gasteiger partial charge on any atom is 0.210 e. The zero-order chi connectivity index (χ0) is 14.7. The lowest BCUT2D eigenvalue weighted by atomic mass is 10.1. The van der Waals surface area contributed by atoms with Gasteiger partial charge in [-0.25, -0.2) is 4.68 Å². The maximum absolute atomic E-state index is 5.96. The fourth-order valence-electron chi connectivity index (χ4n) is 2.73. The molecule has 1 heterocycles. The molecule has 0 amide bonds. The highest BCUT2D eigenvalue weighted by molar-refractivity contribution is 9.10. The molecule has 1 unspecified atom stereocenters. The Kier molecular flexibility index (Phi) is 4.92. The van der Waals surface area contributed by atoms with Crippen LogP contribution in [0.2, 0.25) is 0 Å². The van der Waals surface area contributed by atoms with Gasteiger partial charge in [0.05, 0.1) is 6.04 Å². The van der Waals surface area contributed by atoms with Crippen LogP contribution in [0.15, 0.2) is 33.9 Å². The lowest BCUT2D eigenvalue weighted by molar-refractivity contribution is 0.422. The highest BCUT2D eigenvalue weighted by Crippen LogP contribution is 2.37. The largest absolute Gasteiger partial charge is 0.329 e. The molecule has 1 atom stereocenters. The van der Waals surface area contributed by atoms with E-state index >= 15 is 0 Å². The number of hydrogen-bond acceptors (Lipinski definition) is 5. The van der Waals surface area contributed by atoms with Gasteiger partial charge in [-0.15, -0.1) is 5.10 Å². The van der Waals surface area contributed by atoms with Crippen molar-refractivity contribution in [3.63, 3.8) is 0 Å². The summed E-state index contributed by atoms with van der Waals surface area (Å²) in [6, 6.07) is 8.70. The van der Waals surface area contributed by atoms with Crippen LogP contribution in [-0.2, 0) is 0 Å². The molecule has 1 fully saturated rings. The van der Waals surface area contributed by atoms with Gasteiger partial charge in [-0.2, -0.15) is 0 Å². The first-order valence-corrected chi connectivity index (χ1v) is 8.85. The highest BCUT2D eigenvalue weighted by atomic mass is 79.9. The summed E-state index contributed by atoms with van der Waals surface area (Å²) < 4.78 is 3.05. The number of thioether (sulfide) groups is 1. The Morgan fingerprint density at radius 1 is 1.38 bits per heavy atom. The van der Waals surface area contributed by atoms with Crippen LogP contribution >= 0.6 is 27.7 Å². The van der Waals surface area contributed by atoms with Crippen molar-refractivity contribution >= 4 is 27.7 Å². The minimum absolute atomic E-state index is 0.161. The van der Waals surface area contributed by atoms with Gasteiger partial charge in [-0.3, -0.25) is 0 Å². The van der Waals surface area contributed by atoms with Gasteiger partial charge in [0, 0.05) is 16.3 Å². The number of rotatable bonds is 5. The van der Waals surface area contributed by atoms with Crippen molar-refractivity contribution in [2.75, 3.05) is 6.54 Å². The lowest BCUT2D eigenvalue weighted by Crippen LogP contribution is -2.13. The van der Waals surface area contributed by atoms with Crippen molar-refractivity contribution < 1.29 is 0 Å². The summed E-state index contributed by atoms with van der Waals surface area (Å²) in [4.78, 5) is 0. The first-order valence-electron chi connectivity index (χ1n) is 7.18. The second-order valence-electron chi connectivity index (χ2n) is 5.24. The van der Waals surface area contributed by atoms with Gasteiger partial charge in [-0.1, -0.05) is 52.7 Å². The van der Waals surface area contributed by atoms with Crippen LogP contribution in [0.1, 0.15) is 42.5 Å². The second kappa shape index (κ2) is 6.89. The smallest absolute Gasteiger partial charge is 0.210 e. The van der Waals surface area contributed by atoms with Gasteiger partial charge in [-0.05, 0) is 41.0 Å². The van der Waals surface area contributed by atoms with Crippen LogP contribution in [-0.4, -0.2) is 26.8 Å². The maximum atomic E-state index is 5.96. The molecule has 2 aromatic rings. The molecule has 1 aliphatic rings. The SMILES string of the molecule is NCC(Sc1nnnn1C1CCCC1)c1cccc(Br)c1. The Morgan fingerprint density at radius 2 is 2.19 bits per heavy atom. The van der Waals surface area contributed by atoms with E-state index in [1.165, 1.54) is 31.2 Å². The van der Waals surface area contributed by atoms with Gasteiger partial charge >= 0.3 is 0 Å². The van der Waals surface area contributed by atoms with E-state index in [1.54, 1.807) is 11.8 Å². The van der Waals surface area contributed by atoms with Crippen molar-refractivity contribution in [3.05, 3.63) is 34.3 Å². The molecule has 7 heteroatoms. The molecule has 0 radical (unpaired) electrons. The first-order chi connectivity index (χ1) is 10.3. The average molecular weight is 368 g/mol. The average Bonchev–Trinajstić information content (AvgIpc) is 3.15. The zero-order valence-electron chi connectivity index (χ0n) is 11.7. The van der Waals surface area contributed by atoms with Gasteiger partial charge < -0.3 is 5.73 Å². The van der Waals surface area contributed by atoms with E-state index < -0.39 is 0 Å². The molecule has 1 aromatic heterocycles. The quantitative estimate of drug-likeness (QED) is 0.820. The van der Waals surface area contributed by atoms with Crippen molar-refractivity contribution in [2.45, 2.75) is 42.1 Å². The molecule has 0 spiro atoms. The molecule has 1 aliphatic carbocycles. The van der Waals surface area contributed by atoms with Crippen LogP contribution in [0.3, 0.4) is 0 Å². The van der Waals surface area contributed by atoms with Crippen molar-refractivity contribution in [1.29, 1.82) is 0 Å². The van der Waals surface area contributed by atoms with E-state index in [9.17, 15) is 0 Å². The van der Waals surface area contributed by atoms with Gasteiger partial charge in [0.1, 0.15) is 0 Å². The molecule has 112 valence electrons. The molecule has 1 aromatic carbocycles. The Hall–Kier alpha value is -0.920. The Bertz CT molecular complexity index is 597. The zero-order valence-corrected chi connectivity index (χ0v) is 14.1. The number of hydrogen-bond donors (Lipinski definition) is 1. The minimum atomic E-state index is 0.161. The van der Waals surface area contributed by atoms with E-state index in [2.05, 4.69) is 43.6 Å². The van der Waals surface area contributed by atoms with Crippen LogP contribution in [0.4, 0.5) is 0 Å². The number of nitrogens with zero attached hydrogens (tertiary/aromatic N) is 4. The molecular formula is C14H18BrN5S. The molecule has 1 saturated carbocycles. The van der Waals surface area contributed by atoms with Crippen molar-refractivity contribution in [2.24, 2.45) is 5.73 Å². The van der Waals surface area contributed by atoms with Crippen molar-refractivity contribution in [1.82, 2.24) is 20.2 Å². The highest BCUT2D eigenvalue weighted by Gasteiger charge is 2.23. The fourth-order valence-corrected chi connectivity index (χ4v) is 4.15. The molecule has 0 saturated heterocycles. The molecule has 21 heavy (non-hydrogen) atoms. The second-order valence-corrected chi connectivity index (χ2v) is 7.33. The summed E-state index contributed by atoms with van der Waals surface area (Å²) in [5.74, 6) is 0. The van der Waals surface area contributed by atoms with Crippen molar-refractivity contribution in [3.8, 4) is 0 Å². The third-order valence-electron chi connectivity index (χ3n) is 3.82. The third kappa shape index (κ3) is 3.46. The number of aromatic nitrogens is 4. The van der Waals surface area contributed by atoms with E-state index in [4.69, 9.17) is 5.73 Å².